The number of rotatable bonds is 5. The van der Waals surface area contributed by atoms with E-state index in [1.807, 2.05) is 16.7 Å². The molecule has 0 aromatic rings. The van der Waals surface area contributed by atoms with Gasteiger partial charge < -0.3 is 15.3 Å². The Morgan fingerprint density at radius 2 is 2.00 bits per heavy atom. The predicted molar refractivity (Wildman–Crippen MR) is 75.5 cm³/mol. The lowest BCUT2D eigenvalue weighted by molar-refractivity contribution is -0.147. The summed E-state index contributed by atoms with van der Waals surface area (Å²) in [7, 11) is 0. The fraction of sp³-hybridized carbons (Fsp3) is 0.857. The number of carboxylic acids is 1. The standard InChI is InChI=1S/C14H25N3O3/c1-2-4-12(14(19)20)17-8-3-5-11(17)13(18)16-9-6-15-7-10-16/h11-12,15H,2-10H2,1H3,(H,19,20). The van der Waals surface area contributed by atoms with Crippen molar-refractivity contribution in [2.45, 2.75) is 44.7 Å². The van der Waals surface area contributed by atoms with Crippen LogP contribution < -0.4 is 5.32 Å². The van der Waals surface area contributed by atoms with Crippen LogP contribution in [0.4, 0.5) is 0 Å². The Morgan fingerprint density at radius 3 is 2.60 bits per heavy atom. The summed E-state index contributed by atoms with van der Waals surface area (Å²) in [6.07, 6.45) is 3.13. The first-order valence-corrected chi connectivity index (χ1v) is 7.63. The van der Waals surface area contributed by atoms with Crippen molar-refractivity contribution in [3.8, 4) is 0 Å². The van der Waals surface area contributed by atoms with Gasteiger partial charge in [-0.2, -0.15) is 0 Å². The number of carbonyl (C=O) groups excluding carboxylic acids is 1. The highest BCUT2D eigenvalue weighted by Crippen LogP contribution is 2.24. The third kappa shape index (κ3) is 3.30. The number of hydrogen-bond donors (Lipinski definition) is 2. The van der Waals surface area contributed by atoms with Gasteiger partial charge in [0.05, 0.1) is 6.04 Å². The second kappa shape index (κ2) is 7.04. The highest BCUT2D eigenvalue weighted by atomic mass is 16.4. The Morgan fingerprint density at radius 1 is 1.30 bits per heavy atom. The molecule has 2 fully saturated rings. The minimum Gasteiger partial charge on any atom is -0.480 e. The quantitative estimate of drug-likeness (QED) is 0.750. The summed E-state index contributed by atoms with van der Waals surface area (Å²) in [6.45, 7) is 5.83. The van der Waals surface area contributed by atoms with Crippen LogP contribution in [0.2, 0.25) is 0 Å². The van der Waals surface area contributed by atoms with E-state index in [0.717, 1.165) is 52.0 Å². The minimum atomic E-state index is -0.799. The molecule has 0 spiro atoms. The Kier molecular flexibility index (Phi) is 5.37. The zero-order valence-corrected chi connectivity index (χ0v) is 12.2. The van der Waals surface area contributed by atoms with Gasteiger partial charge >= 0.3 is 5.97 Å². The van der Waals surface area contributed by atoms with Gasteiger partial charge in [-0.25, -0.2) is 0 Å². The van der Waals surface area contributed by atoms with E-state index in [-0.39, 0.29) is 11.9 Å². The van der Waals surface area contributed by atoms with Gasteiger partial charge in [0.15, 0.2) is 0 Å². The molecule has 0 aromatic heterocycles. The molecule has 6 nitrogen and oxygen atoms in total. The molecular formula is C14H25N3O3. The van der Waals surface area contributed by atoms with Crippen molar-refractivity contribution >= 4 is 11.9 Å². The molecule has 2 N–H and O–H groups in total. The van der Waals surface area contributed by atoms with E-state index in [9.17, 15) is 14.7 Å². The molecular weight excluding hydrogens is 258 g/mol. The summed E-state index contributed by atoms with van der Waals surface area (Å²) >= 11 is 0. The molecule has 0 bridgehead atoms. The first kappa shape index (κ1) is 15.3. The summed E-state index contributed by atoms with van der Waals surface area (Å²) in [5.74, 6) is -0.682. The summed E-state index contributed by atoms with van der Waals surface area (Å²) in [5, 5.41) is 12.6. The summed E-state index contributed by atoms with van der Waals surface area (Å²) in [5.41, 5.74) is 0. The third-order valence-corrected chi connectivity index (χ3v) is 4.26. The van der Waals surface area contributed by atoms with Crippen molar-refractivity contribution in [3.05, 3.63) is 0 Å². The van der Waals surface area contributed by atoms with Crippen molar-refractivity contribution in [1.29, 1.82) is 0 Å². The van der Waals surface area contributed by atoms with E-state index in [2.05, 4.69) is 5.32 Å². The van der Waals surface area contributed by atoms with E-state index in [1.165, 1.54) is 0 Å². The Labute approximate surface area is 120 Å². The summed E-state index contributed by atoms with van der Waals surface area (Å²) < 4.78 is 0. The third-order valence-electron chi connectivity index (χ3n) is 4.26. The van der Waals surface area contributed by atoms with Crippen LogP contribution >= 0.6 is 0 Å². The zero-order valence-electron chi connectivity index (χ0n) is 12.2. The fourth-order valence-corrected chi connectivity index (χ4v) is 3.23. The Balaban J connectivity index is 2.05. The second-order valence-electron chi connectivity index (χ2n) is 5.61. The van der Waals surface area contributed by atoms with Gasteiger partial charge in [-0.05, 0) is 25.8 Å². The molecule has 114 valence electrons. The molecule has 6 heteroatoms. The van der Waals surface area contributed by atoms with Gasteiger partial charge in [0, 0.05) is 26.2 Å². The van der Waals surface area contributed by atoms with Gasteiger partial charge in [-0.1, -0.05) is 13.3 Å². The smallest absolute Gasteiger partial charge is 0.320 e. The Bertz CT molecular complexity index is 356. The van der Waals surface area contributed by atoms with Gasteiger partial charge in [0.2, 0.25) is 5.91 Å². The van der Waals surface area contributed by atoms with Gasteiger partial charge in [0.25, 0.3) is 0 Å². The zero-order chi connectivity index (χ0) is 14.5. The predicted octanol–water partition coefficient (Wildman–Crippen LogP) is 0.136. The molecule has 2 saturated heterocycles. The molecule has 2 aliphatic heterocycles. The van der Waals surface area contributed by atoms with E-state index in [0.29, 0.717) is 6.42 Å². The maximum absolute atomic E-state index is 12.6. The first-order valence-electron chi connectivity index (χ1n) is 7.63. The monoisotopic (exact) mass is 283 g/mol. The molecule has 2 rings (SSSR count). The molecule has 2 unspecified atom stereocenters. The molecule has 0 aromatic carbocycles. The average molecular weight is 283 g/mol. The SMILES string of the molecule is CCCC(C(=O)O)N1CCCC1C(=O)N1CCNCC1. The number of carboxylic acid groups (broad SMARTS) is 1. The van der Waals surface area contributed by atoms with Crippen LogP contribution in [-0.2, 0) is 9.59 Å². The maximum Gasteiger partial charge on any atom is 0.320 e. The summed E-state index contributed by atoms with van der Waals surface area (Å²) in [4.78, 5) is 27.8. The molecule has 0 saturated carbocycles. The fourth-order valence-electron chi connectivity index (χ4n) is 3.23. The van der Waals surface area contributed by atoms with Crippen molar-refractivity contribution in [2.24, 2.45) is 0 Å². The van der Waals surface area contributed by atoms with Crippen LogP contribution in [0.5, 0.6) is 0 Å². The number of carbonyl (C=O) groups is 2. The molecule has 0 aliphatic carbocycles. The molecule has 2 aliphatic rings. The molecule has 20 heavy (non-hydrogen) atoms. The minimum absolute atomic E-state index is 0.117. The number of nitrogens with one attached hydrogen (secondary N) is 1. The lowest BCUT2D eigenvalue weighted by Crippen LogP contribution is -2.55. The Hall–Kier alpha value is -1.14. The number of likely N-dealkylation sites (tertiary alicyclic amines) is 1. The van der Waals surface area contributed by atoms with E-state index in [4.69, 9.17) is 0 Å². The van der Waals surface area contributed by atoms with Crippen LogP contribution in [0.1, 0.15) is 32.6 Å². The van der Waals surface area contributed by atoms with Gasteiger partial charge in [0.1, 0.15) is 6.04 Å². The largest absolute Gasteiger partial charge is 0.480 e. The number of piperazine rings is 1. The van der Waals surface area contributed by atoms with Gasteiger partial charge in [-0.15, -0.1) is 0 Å². The van der Waals surface area contributed by atoms with E-state index in [1.54, 1.807) is 0 Å². The van der Waals surface area contributed by atoms with Crippen molar-refractivity contribution in [3.63, 3.8) is 0 Å². The normalized spacial score (nSPS) is 25.6. The lowest BCUT2D eigenvalue weighted by Gasteiger charge is -2.35. The van der Waals surface area contributed by atoms with Crippen molar-refractivity contribution < 1.29 is 14.7 Å². The highest BCUT2D eigenvalue weighted by Gasteiger charge is 2.39. The second-order valence-corrected chi connectivity index (χ2v) is 5.61. The molecule has 2 atom stereocenters. The van der Waals surface area contributed by atoms with Crippen LogP contribution in [0.15, 0.2) is 0 Å². The summed E-state index contributed by atoms with van der Waals surface area (Å²) in [6, 6.07) is -0.750. The molecule has 0 radical (unpaired) electrons. The molecule has 1 amide bonds. The van der Waals surface area contributed by atoms with Crippen LogP contribution in [0.25, 0.3) is 0 Å². The average Bonchev–Trinajstić information content (AvgIpc) is 2.93. The first-order chi connectivity index (χ1) is 9.65. The van der Waals surface area contributed by atoms with Crippen molar-refractivity contribution in [1.82, 2.24) is 15.1 Å². The van der Waals surface area contributed by atoms with Crippen LogP contribution in [0, 0.1) is 0 Å². The van der Waals surface area contributed by atoms with Crippen LogP contribution in [0.3, 0.4) is 0 Å². The number of amides is 1. The highest BCUT2D eigenvalue weighted by molar-refractivity contribution is 5.83. The van der Waals surface area contributed by atoms with Crippen LogP contribution in [-0.4, -0.2) is 71.6 Å². The topological polar surface area (TPSA) is 72.9 Å². The van der Waals surface area contributed by atoms with E-state index < -0.39 is 12.0 Å². The van der Waals surface area contributed by atoms with Gasteiger partial charge in [-0.3, -0.25) is 14.5 Å². The number of nitrogens with zero attached hydrogens (tertiary/aromatic N) is 2. The number of hydrogen-bond acceptors (Lipinski definition) is 4. The molecule has 2 heterocycles. The van der Waals surface area contributed by atoms with Crippen molar-refractivity contribution in [2.75, 3.05) is 32.7 Å². The maximum atomic E-state index is 12.6. The van der Waals surface area contributed by atoms with E-state index >= 15 is 0 Å². The lowest BCUT2D eigenvalue weighted by atomic mass is 10.1. The number of aliphatic carboxylic acids is 1.